The molecule has 0 saturated heterocycles. The molecule has 2 aromatic heterocycles. The van der Waals surface area contributed by atoms with E-state index in [-0.39, 0.29) is 22.8 Å². The predicted octanol–water partition coefficient (Wildman–Crippen LogP) is 8.60. The van der Waals surface area contributed by atoms with Crippen molar-refractivity contribution in [1.29, 1.82) is 10.5 Å². The lowest BCUT2D eigenvalue weighted by molar-refractivity contribution is 0.414. The van der Waals surface area contributed by atoms with Crippen LogP contribution in [0.1, 0.15) is 11.1 Å². The Morgan fingerprint density at radius 1 is 0.562 bits per heavy atom. The molecular weight excluding hydrogens is 651 g/mol. The maximum atomic E-state index is 14.0. The molecule has 2 heterocycles. The van der Waals surface area contributed by atoms with Gasteiger partial charge in [-0.05, 0) is 106 Å². The van der Waals surface area contributed by atoms with Crippen molar-refractivity contribution in [1.82, 2.24) is 9.13 Å². The lowest BCUT2D eigenvalue weighted by atomic mass is 10.0. The van der Waals surface area contributed by atoms with E-state index in [4.69, 9.17) is 20.9 Å². The van der Waals surface area contributed by atoms with Crippen molar-refractivity contribution in [2.75, 3.05) is 25.7 Å². The topological polar surface area (TPSA) is 128 Å². The Hall–Kier alpha value is -5.82. The van der Waals surface area contributed by atoms with Crippen molar-refractivity contribution in [3.05, 3.63) is 120 Å². The molecule has 6 aromatic rings. The van der Waals surface area contributed by atoms with E-state index in [9.17, 15) is 19.3 Å². The molecule has 0 aliphatic heterocycles. The molecule has 0 bridgehead atoms. The van der Waals surface area contributed by atoms with Gasteiger partial charge in [0.15, 0.2) is 0 Å². The number of anilines is 2. The number of nitrogens with two attached hydrogens (primary N) is 2. The Morgan fingerprint density at radius 3 is 1.19 bits per heavy atom. The third-order valence-electron chi connectivity index (χ3n) is 7.68. The molecule has 0 radical (unpaired) electrons. The fourth-order valence-electron chi connectivity index (χ4n) is 5.34. The normalized spacial score (nSPS) is 10.8. The predicted molar refractivity (Wildman–Crippen MR) is 185 cm³/mol. The summed E-state index contributed by atoms with van der Waals surface area (Å²) in [5.74, 6) is 0.785. The molecule has 0 amide bonds. The third-order valence-corrected chi connectivity index (χ3v) is 10.0. The van der Waals surface area contributed by atoms with E-state index in [2.05, 4.69) is 12.1 Å². The number of halogens is 2. The van der Waals surface area contributed by atoms with Crippen molar-refractivity contribution in [3.8, 4) is 57.3 Å². The average molecular weight is 677 g/mol. The zero-order valence-electron chi connectivity index (χ0n) is 25.6. The first-order valence-electron chi connectivity index (χ1n) is 14.3. The summed E-state index contributed by atoms with van der Waals surface area (Å²) in [5.41, 5.74) is 17.3. The summed E-state index contributed by atoms with van der Waals surface area (Å²) < 4.78 is 42.3. The van der Waals surface area contributed by atoms with Crippen LogP contribution in [0.4, 0.5) is 20.4 Å². The molecule has 4 aromatic carbocycles. The summed E-state index contributed by atoms with van der Waals surface area (Å²) in [4.78, 5) is 0. The van der Waals surface area contributed by atoms with Crippen molar-refractivity contribution in [2.45, 2.75) is 10.1 Å². The van der Waals surface area contributed by atoms with Gasteiger partial charge in [0.25, 0.3) is 0 Å². The summed E-state index contributed by atoms with van der Waals surface area (Å²) in [5, 5.41) is 21.8. The fourth-order valence-corrected chi connectivity index (χ4v) is 8.08. The van der Waals surface area contributed by atoms with E-state index < -0.39 is 11.6 Å². The minimum Gasteiger partial charge on any atom is -0.497 e. The summed E-state index contributed by atoms with van der Waals surface area (Å²) >= 11 is 0. The first-order chi connectivity index (χ1) is 23.3. The van der Waals surface area contributed by atoms with Crippen LogP contribution >= 0.6 is 21.6 Å². The Balaban J connectivity index is 1.59. The number of nitriles is 2. The van der Waals surface area contributed by atoms with Crippen LogP contribution in [-0.4, -0.2) is 23.4 Å². The SMILES string of the molecule is COc1ccc(-n2c(N)c(C#N)c(-c3ccc(F)cc3)c2SSc2c(-c3ccc(F)cc3)c(C#N)c(N)n2-c2ccc(OC)cc2)cc1. The Morgan fingerprint density at radius 2 is 0.896 bits per heavy atom. The molecule has 238 valence electrons. The number of benzene rings is 4. The first-order valence-corrected chi connectivity index (χ1v) is 16.5. The van der Waals surface area contributed by atoms with Crippen LogP contribution in [0.25, 0.3) is 33.6 Å². The molecule has 0 fully saturated rings. The number of nitrogen functional groups attached to an aromatic ring is 2. The number of ether oxygens (including phenoxy) is 2. The van der Waals surface area contributed by atoms with Crippen LogP contribution in [0.2, 0.25) is 0 Å². The number of hydrogen-bond donors (Lipinski definition) is 2. The highest BCUT2D eigenvalue weighted by atomic mass is 33.1. The molecule has 4 N–H and O–H groups in total. The Bertz CT molecular complexity index is 2040. The summed E-state index contributed by atoms with van der Waals surface area (Å²) in [6, 6.07) is 30.5. The van der Waals surface area contributed by atoms with E-state index in [0.29, 0.717) is 55.2 Å². The minimum atomic E-state index is -0.427. The van der Waals surface area contributed by atoms with E-state index in [1.165, 1.54) is 45.9 Å². The number of hydrogen-bond acceptors (Lipinski definition) is 8. The molecular formula is C36H26F2N6O2S2. The Labute approximate surface area is 283 Å². The van der Waals surface area contributed by atoms with Crippen LogP contribution in [0, 0.1) is 34.3 Å². The lowest BCUT2D eigenvalue weighted by Crippen LogP contribution is -2.03. The highest BCUT2D eigenvalue weighted by Crippen LogP contribution is 2.52. The van der Waals surface area contributed by atoms with Crippen molar-refractivity contribution in [2.24, 2.45) is 0 Å². The lowest BCUT2D eigenvalue weighted by Gasteiger charge is -2.15. The van der Waals surface area contributed by atoms with Crippen LogP contribution in [0.5, 0.6) is 11.5 Å². The highest BCUT2D eigenvalue weighted by molar-refractivity contribution is 8.76. The number of nitrogens with zero attached hydrogens (tertiary/aromatic N) is 4. The second-order valence-corrected chi connectivity index (χ2v) is 12.5. The molecule has 0 aliphatic rings. The second-order valence-electron chi connectivity index (χ2n) is 10.4. The molecule has 0 atom stereocenters. The van der Waals surface area contributed by atoms with Gasteiger partial charge in [-0.2, -0.15) is 10.5 Å². The zero-order valence-corrected chi connectivity index (χ0v) is 27.2. The maximum Gasteiger partial charge on any atom is 0.127 e. The van der Waals surface area contributed by atoms with Crippen molar-refractivity contribution < 1.29 is 18.3 Å². The van der Waals surface area contributed by atoms with Gasteiger partial charge in [-0.15, -0.1) is 0 Å². The highest BCUT2D eigenvalue weighted by Gasteiger charge is 2.28. The monoisotopic (exact) mass is 676 g/mol. The maximum absolute atomic E-state index is 14.0. The summed E-state index contributed by atoms with van der Waals surface area (Å²) in [6.07, 6.45) is 0. The first kappa shape index (κ1) is 32.1. The van der Waals surface area contributed by atoms with Gasteiger partial charge in [-0.25, -0.2) is 8.78 Å². The van der Waals surface area contributed by atoms with Gasteiger partial charge < -0.3 is 20.9 Å². The van der Waals surface area contributed by atoms with E-state index in [1.807, 2.05) is 24.3 Å². The van der Waals surface area contributed by atoms with Crippen LogP contribution < -0.4 is 20.9 Å². The van der Waals surface area contributed by atoms with Crippen LogP contribution in [-0.2, 0) is 0 Å². The molecule has 8 nitrogen and oxygen atoms in total. The van der Waals surface area contributed by atoms with Crippen molar-refractivity contribution in [3.63, 3.8) is 0 Å². The van der Waals surface area contributed by atoms with E-state index >= 15 is 0 Å². The number of methoxy groups -OCH3 is 2. The Kier molecular flexibility index (Phi) is 9.04. The average Bonchev–Trinajstić information content (AvgIpc) is 3.56. The molecule has 0 aliphatic carbocycles. The zero-order chi connectivity index (χ0) is 33.9. The van der Waals surface area contributed by atoms with Gasteiger partial charge >= 0.3 is 0 Å². The molecule has 6 rings (SSSR count). The van der Waals surface area contributed by atoms with Crippen LogP contribution in [0.15, 0.2) is 107 Å². The molecule has 0 spiro atoms. The third kappa shape index (κ3) is 5.79. The van der Waals surface area contributed by atoms with Gasteiger partial charge in [0.2, 0.25) is 0 Å². The van der Waals surface area contributed by atoms with E-state index in [1.54, 1.807) is 71.9 Å². The largest absolute Gasteiger partial charge is 0.497 e. The standard InChI is InChI=1S/C36H26F2N6O2S2/c1-45-27-15-11-25(12-16-27)43-33(41)29(19-39)31(21-3-7-23(37)8-4-21)35(43)47-48-36-32(22-5-9-24(38)10-6-22)30(20-40)34(42)44(36)26-13-17-28(46-2)18-14-26/h3-18H,41-42H2,1-2H3. The summed E-state index contributed by atoms with van der Waals surface area (Å²) in [6.45, 7) is 0. The van der Waals surface area contributed by atoms with Gasteiger partial charge in [-0.3, -0.25) is 9.13 Å². The fraction of sp³-hybridized carbons (Fsp3) is 0.0556. The molecule has 12 heteroatoms. The number of rotatable bonds is 9. The smallest absolute Gasteiger partial charge is 0.127 e. The molecule has 48 heavy (non-hydrogen) atoms. The van der Waals surface area contributed by atoms with Gasteiger partial charge in [-0.1, -0.05) is 24.3 Å². The minimum absolute atomic E-state index is 0.187. The van der Waals surface area contributed by atoms with Gasteiger partial charge in [0.1, 0.15) is 68.1 Å². The quantitative estimate of drug-likeness (QED) is 0.146. The molecule has 0 unspecified atom stereocenters. The summed E-state index contributed by atoms with van der Waals surface area (Å²) in [7, 11) is 5.69. The second kappa shape index (κ2) is 13.5. The van der Waals surface area contributed by atoms with Crippen LogP contribution in [0.3, 0.4) is 0 Å². The van der Waals surface area contributed by atoms with Gasteiger partial charge in [0, 0.05) is 22.5 Å². The number of aromatic nitrogens is 2. The van der Waals surface area contributed by atoms with Gasteiger partial charge in [0.05, 0.1) is 14.2 Å². The van der Waals surface area contributed by atoms with E-state index in [0.717, 1.165) is 0 Å². The van der Waals surface area contributed by atoms with Crippen molar-refractivity contribution >= 4 is 33.2 Å². The molecule has 0 saturated carbocycles.